The van der Waals surface area contributed by atoms with Crippen LogP contribution in [0.15, 0.2) is 421 Å². The van der Waals surface area contributed by atoms with E-state index in [2.05, 4.69) is 415 Å². The molecule has 0 bridgehead atoms. The standard InChI is InChI=1S/C42H24N2O.C42H24N2S.C36H20N2O/c1-4-17-33-28(12-1)30-16-8-19-35-40(30)41-36(23-22-31-29-13-2-5-18-34(29)44(33)42(31)41)43(35)26-11-7-10-25(24-26)27-15-9-21-38-39(27)32-14-3-6-20-37(32)45-38;1-4-15-34-28(9-1)31-13-8-17-36-39(31)40-37(24-23-32-29-10-2-5-16-35(29)44(34)41(32)40)43(36)26-21-19-25(20-22-26)27-12-7-14-33-30-11-3-6-18-38(30)45-42(27)33;1-4-12-28-22(8-1)25-11-7-14-30-34(25)35-31(18-17-26-23-9-2-5-13-29(23)38(28)36(26)35)37(30)21-16-19-33-27(20-21)24-10-3-6-15-32(24)39-33/h2*1-24H;1-20H. The molecule has 0 spiro atoms. The highest BCUT2D eigenvalue weighted by Gasteiger charge is 2.29. The lowest BCUT2D eigenvalue weighted by Crippen LogP contribution is -1.95. The van der Waals surface area contributed by atoms with Gasteiger partial charge in [0, 0.05) is 140 Å². The molecular weight excluding hydrogens is 1590 g/mol. The number of fused-ring (bicyclic) bond motifs is 27. The van der Waals surface area contributed by atoms with Gasteiger partial charge >= 0.3 is 0 Å². The van der Waals surface area contributed by atoms with E-state index in [1.54, 1.807) is 0 Å². The van der Waals surface area contributed by atoms with Crippen LogP contribution in [0.2, 0.25) is 0 Å². The van der Waals surface area contributed by atoms with Gasteiger partial charge in [-0.3, -0.25) is 0 Å². The van der Waals surface area contributed by atoms with Crippen molar-refractivity contribution in [2.45, 2.75) is 0 Å². The van der Waals surface area contributed by atoms with Crippen molar-refractivity contribution < 1.29 is 8.83 Å². The maximum Gasteiger partial charge on any atom is 0.136 e. The van der Waals surface area contributed by atoms with Gasteiger partial charge in [-0.25, -0.2) is 0 Å². The average Bonchev–Trinajstić information content (AvgIpc) is 1.53. The van der Waals surface area contributed by atoms with Crippen LogP contribution in [0.1, 0.15) is 0 Å². The highest BCUT2D eigenvalue weighted by molar-refractivity contribution is 7.26. The van der Waals surface area contributed by atoms with E-state index < -0.39 is 0 Å². The number of thiophene rings is 1. The highest BCUT2D eigenvalue weighted by Crippen LogP contribution is 2.52. The summed E-state index contributed by atoms with van der Waals surface area (Å²) in [6.07, 6.45) is 0. The summed E-state index contributed by atoms with van der Waals surface area (Å²) in [6, 6.07) is 150. The Morgan fingerprint density at radius 2 is 0.512 bits per heavy atom. The van der Waals surface area contributed by atoms with Crippen LogP contribution < -0.4 is 0 Å². The summed E-state index contributed by atoms with van der Waals surface area (Å²) in [4.78, 5) is 0. The number of nitrogens with zero attached hydrogens (tertiary/aromatic N) is 6. The summed E-state index contributed by atoms with van der Waals surface area (Å²) < 4.78 is 29.9. The zero-order valence-electron chi connectivity index (χ0n) is 69.2. The molecule has 0 radical (unpaired) electrons. The maximum atomic E-state index is 6.25. The largest absolute Gasteiger partial charge is 0.456 e. The predicted molar refractivity (Wildman–Crippen MR) is 545 cm³/mol. The molecule has 12 heterocycles. The Balaban J connectivity index is 0.0000000939. The molecule has 0 amide bonds. The number of furan rings is 2. The molecule has 20 aromatic carbocycles. The Morgan fingerprint density at radius 3 is 1.02 bits per heavy atom. The second-order valence-electron chi connectivity index (χ2n) is 34.7. The fourth-order valence-corrected chi connectivity index (χ4v) is 24.4. The molecule has 0 unspecified atom stereocenters. The zero-order chi connectivity index (χ0) is 83.7. The molecule has 32 aromatic rings. The predicted octanol–water partition coefficient (Wildman–Crippen LogP) is 33.3. The number of hydrogen-bond acceptors (Lipinski definition) is 3. The van der Waals surface area contributed by atoms with Crippen LogP contribution in [-0.2, 0) is 0 Å². The van der Waals surface area contributed by atoms with Gasteiger partial charge in [0.25, 0.3) is 0 Å². The van der Waals surface area contributed by atoms with Gasteiger partial charge in [0.2, 0.25) is 0 Å². The summed E-state index contributed by atoms with van der Waals surface area (Å²) in [5, 5.41) is 30.5. The van der Waals surface area contributed by atoms with Crippen LogP contribution in [0.5, 0.6) is 0 Å². The van der Waals surface area contributed by atoms with Crippen molar-refractivity contribution in [3.8, 4) is 39.3 Å². The van der Waals surface area contributed by atoms with Gasteiger partial charge in [0.15, 0.2) is 0 Å². The SMILES string of the molecule is c1cc(-c2cccc3oc4ccccc4c23)cc(-n2c3cccc4c5ccccc5n5c6ccccc6c6ccc2c(c43)c65)c1.c1ccc2c(c1)oc1ccc(-n3c4cccc5c6ccccc6n6c7ccccc7c7ccc3c(c54)c76)cc12.c1ccc2c(c1)sc1c(-c3ccc(-n4c5cccc6c7ccccc7n7c8ccccc8c8ccc4c(c65)c87)cc3)cccc12. The first-order valence-electron chi connectivity index (χ1n) is 44.3. The van der Waals surface area contributed by atoms with Crippen LogP contribution in [0.3, 0.4) is 0 Å². The Kier molecular flexibility index (Phi) is 13.9. The van der Waals surface area contributed by atoms with Crippen molar-refractivity contribution in [1.29, 1.82) is 0 Å². The number of benzene rings is 20. The normalized spacial score (nSPS) is 12.5. The van der Waals surface area contributed by atoms with Crippen LogP contribution in [-0.4, -0.2) is 26.9 Å². The first-order chi connectivity index (χ1) is 64.1. The zero-order valence-corrected chi connectivity index (χ0v) is 70.0. The van der Waals surface area contributed by atoms with Crippen molar-refractivity contribution in [1.82, 2.24) is 26.9 Å². The van der Waals surface area contributed by atoms with Crippen molar-refractivity contribution in [2.24, 2.45) is 0 Å². The van der Waals surface area contributed by atoms with Crippen molar-refractivity contribution >= 4 is 255 Å². The smallest absolute Gasteiger partial charge is 0.136 e. The van der Waals surface area contributed by atoms with E-state index >= 15 is 0 Å². The molecule has 0 atom stereocenters. The van der Waals surface area contributed by atoms with E-state index in [1.807, 2.05) is 35.6 Å². The minimum absolute atomic E-state index is 0.914. The third-order valence-corrected chi connectivity index (χ3v) is 29.6. The molecule has 0 saturated heterocycles. The van der Waals surface area contributed by atoms with Crippen molar-refractivity contribution in [3.05, 3.63) is 413 Å². The van der Waals surface area contributed by atoms with E-state index in [1.165, 1.54) is 228 Å². The van der Waals surface area contributed by atoms with E-state index in [0.29, 0.717) is 0 Å². The Morgan fingerprint density at radius 1 is 0.171 bits per heavy atom. The van der Waals surface area contributed by atoms with Gasteiger partial charge in [-0.15, -0.1) is 11.3 Å². The lowest BCUT2D eigenvalue weighted by Gasteiger charge is -2.12. The third-order valence-electron chi connectivity index (χ3n) is 28.3. The molecule has 9 heteroatoms. The van der Waals surface area contributed by atoms with Crippen LogP contribution in [0.25, 0.3) is 283 Å². The monoisotopic (exact) mass is 1660 g/mol. The van der Waals surface area contributed by atoms with E-state index in [0.717, 1.165) is 55.3 Å². The summed E-state index contributed by atoms with van der Waals surface area (Å²) in [6.45, 7) is 0. The summed E-state index contributed by atoms with van der Waals surface area (Å²) >= 11 is 1.89. The second kappa shape index (κ2) is 25.8. The van der Waals surface area contributed by atoms with E-state index in [-0.39, 0.29) is 0 Å². The molecule has 0 aliphatic heterocycles. The minimum atomic E-state index is 0.914. The third kappa shape index (κ3) is 9.33. The number of rotatable bonds is 5. The molecule has 0 aliphatic rings. The molecule has 596 valence electrons. The highest BCUT2D eigenvalue weighted by atomic mass is 32.1. The van der Waals surface area contributed by atoms with Gasteiger partial charge in [-0.2, -0.15) is 0 Å². The first-order valence-corrected chi connectivity index (χ1v) is 45.1. The lowest BCUT2D eigenvalue weighted by molar-refractivity contribution is 0.668. The van der Waals surface area contributed by atoms with Crippen LogP contribution in [0, 0.1) is 0 Å². The molecule has 12 aromatic heterocycles. The topological polar surface area (TPSA) is 54.3 Å². The fraction of sp³-hybridized carbons (Fsp3) is 0. The maximum absolute atomic E-state index is 6.25. The molecule has 0 saturated carbocycles. The van der Waals surface area contributed by atoms with Crippen molar-refractivity contribution in [2.75, 3.05) is 0 Å². The summed E-state index contributed by atoms with van der Waals surface area (Å²) in [5.74, 6) is 0. The van der Waals surface area contributed by atoms with Crippen LogP contribution >= 0.6 is 11.3 Å². The first kappa shape index (κ1) is 69.4. The molecular formula is C120H68N6O2S. The number of hydrogen-bond donors (Lipinski definition) is 0. The average molecular weight is 1660 g/mol. The van der Waals surface area contributed by atoms with E-state index in [4.69, 9.17) is 8.83 Å². The Labute approximate surface area is 737 Å². The van der Waals surface area contributed by atoms with Crippen molar-refractivity contribution in [3.63, 3.8) is 0 Å². The second-order valence-corrected chi connectivity index (χ2v) is 35.8. The quantitative estimate of drug-likeness (QED) is 0.172. The molecule has 0 N–H and O–H groups in total. The molecule has 32 rings (SSSR count). The molecule has 0 aliphatic carbocycles. The summed E-state index contributed by atoms with van der Waals surface area (Å²) in [5.41, 5.74) is 30.7. The number of para-hydroxylation sites is 8. The Hall–Kier alpha value is -17.0. The number of aromatic nitrogens is 6. The Bertz CT molecular complexity index is 10500. The van der Waals surface area contributed by atoms with Gasteiger partial charge in [0.1, 0.15) is 22.3 Å². The molecule has 8 nitrogen and oxygen atoms in total. The van der Waals surface area contributed by atoms with Gasteiger partial charge in [-0.05, 0) is 178 Å². The molecule has 129 heavy (non-hydrogen) atoms. The van der Waals surface area contributed by atoms with E-state index in [9.17, 15) is 0 Å². The summed E-state index contributed by atoms with van der Waals surface area (Å²) in [7, 11) is 0. The molecule has 0 fully saturated rings. The minimum Gasteiger partial charge on any atom is -0.456 e. The lowest BCUT2D eigenvalue weighted by atomic mass is 9.99. The van der Waals surface area contributed by atoms with Gasteiger partial charge < -0.3 is 35.7 Å². The van der Waals surface area contributed by atoms with Gasteiger partial charge in [0.05, 0.1) is 82.8 Å². The van der Waals surface area contributed by atoms with Crippen LogP contribution in [0.4, 0.5) is 0 Å². The fourth-order valence-electron chi connectivity index (χ4n) is 23.2. The van der Waals surface area contributed by atoms with Gasteiger partial charge in [-0.1, -0.05) is 273 Å².